The van der Waals surface area contributed by atoms with Gasteiger partial charge in [0.2, 0.25) is 5.91 Å². The monoisotopic (exact) mass is 326 g/mol. The van der Waals surface area contributed by atoms with E-state index in [1.807, 2.05) is 11.0 Å². The molecule has 0 aromatic heterocycles. The van der Waals surface area contributed by atoms with Crippen LogP contribution in [0, 0.1) is 33.3 Å². The molecular weight excluding hydrogens is 304 g/mol. The molecule has 0 N–H and O–H groups in total. The Bertz CT molecular complexity index is 707. The van der Waals surface area contributed by atoms with Crippen molar-refractivity contribution >= 4 is 17.3 Å². The molecule has 4 saturated carbocycles. The molecule has 6 rings (SSSR count). The van der Waals surface area contributed by atoms with Crippen LogP contribution in [0.25, 0.3) is 0 Å². The summed E-state index contributed by atoms with van der Waals surface area (Å²) in [6, 6.07) is 4.97. The summed E-state index contributed by atoms with van der Waals surface area (Å²) in [6.45, 7) is 0.678. The highest BCUT2D eigenvalue weighted by molar-refractivity contribution is 6.00. The zero-order valence-corrected chi connectivity index (χ0v) is 13.7. The molecule has 4 fully saturated rings. The largest absolute Gasteiger partial charge is 0.311 e. The SMILES string of the molecule is O=C(N1CCc2ccc([N+](=O)[O-])cc21)C12CC3CC(CC(C3)C1)C2. The van der Waals surface area contributed by atoms with Crippen LogP contribution >= 0.6 is 0 Å². The van der Waals surface area contributed by atoms with Gasteiger partial charge in [0.05, 0.1) is 16.0 Å². The molecule has 1 aromatic carbocycles. The minimum Gasteiger partial charge on any atom is -0.311 e. The molecule has 0 unspecified atom stereocenters. The van der Waals surface area contributed by atoms with Crippen LogP contribution in [0.5, 0.6) is 0 Å². The van der Waals surface area contributed by atoms with E-state index in [0.29, 0.717) is 6.54 Å². The number of rotatable bonds is 2. The van der Waals surface area contributed by atoms with Gasteiger partial charge in [-0.05, 0) is 68.3 Å². The summed E-state index contributed by atoms with van der Waals surface area (Å²) in [5.41, 5.74) is 1.75. The number of hydrogen-bond donors (Lipinski definition) is 0. The Morgan fingerprint density at radius 3 is 2.33 bits per heavy atom. The molecule has 1 aliphatic heterocycles. The molecule has 1 aromatic rings. The van der Waals surface area contributed by atoms with E-state index in [-0.39, 0.29) is 21.9 Å². The molecule has 5 aliphatic rings. The van der Waals surface area contributed by atoms with Crippen molar-refractivity contribution in [3.05, 3.63) is 33.9 Å². The van der Waals surface area contributed by atoms with Gasteiger partial charge in [0, 0.05) is 18.7 Å². The Morgan fingerprint density at radius 2 is 1.75 bits per heavy atom. The van der Waals surface area contributed by atoms with E-state index in [0.717, 1.165) is 54.7 Å². The first-order valence-electron chi connectivity index (χ1n) is 9.13. The number of carbonyl (C=O) groups excluding carboxylic acids is 1. The average Bonchev–Trinajstić information content (AvgIpc) is 2.95. The van der Waals surface area contributed by atoms with E-state index >= 15 is 0 Å². The zero-order chi connectivity index (χ0) is 16.5. The summed E-state index contributed by atoms with van der Waals surface area (Å²) >= 11 is 0. The highest BCUT2D eigenvalue weighted by Crippen LogP contribution is 2.61. The number of benzene rings is 1. The lowest BCUT2D eigenvalue weighted by molar-refractivity contribution is -0.384. The smallest absolute Gasteiger partial charge is 0.271 e. The van der Waals surface area contributed by atoms with Crippen molar-refractivity contribution in [3.8, 4) is 0 Å². The standard InChI is InChI=1S/C19H22N2O3/c22-18(19-9-12-5-13(10-19)7-14(6-12)11-19)20-4-3-15-1-2-16(21(23)24)8-17(15)20/h1-2,8,12-14H,3-7,9-11H2. The van der Waals surface area contributed by atoms with Crippen LogP contribution in [0.4, 0.5) is 11.4 Å². The number of nitrogens with zero attached hydrogens (tertiary/aromatic N) is 2. The van der Waals surface area contributed by atoms with Gasteiger partial charge in [0.15, 0.2) is 0 Å². The van der Waals surface area contributed by atoms with Crippen molar-refractivity contribution in [1.29, 1.82) is 0 Å². The molecule has 0 saturated heterocycles. The minimum atomic E-state index is -0.369. The first-order valence-corrected chi connectivity index (χ1v) is 9.13. The molecular formula is C19H22N2O3. The van der Waals surface area contributed by atoms with Crippen LogP contribution in [-0.4, -0.2) is 17.4 Å². The molecule has 24 heavy (non-hydrogen) atoms. The maximum absolute atomic E-state index is 13.5. The van der Waals surface area contributed by atoms with E-state index in [9.17, 15) is 14.9 Å². The molecule has 5 heteroatoms. The fraction of sp³-hybridized carbons (Fsp3) is 0.632. The maximum atomic E-state index is 13.5. The lowest BCUT2D eigenvalue weighted by Crippen LogP contribution is -2.54. The first-order chi connectivity index (χ1) is 11.5. The van der Waals surface area contributed by atoms with Gasteiger partial charge in [-0.15, -0.1) is 0 Å². The van der Waals surface area contributed by atoms with Crippen LogP contribution in [0.2, 0.25) is 0 Å². The molecule has 1 heterocycles. The second-order valence-corrected chi connectivity index (χ2v) is 8.47. The molecule has 5 nitrogen and oxygen atoms in total. The van der Waals surface area contributed by atoms with Crippen LogP contribution in [0.15, 0.2) is 18.2 Å². The fourth-order valence-corrected chi connectivity index (χ4v) is 6.35. The fourth-order valence-electron chi connectivity index (χ4n) is 6.35. The van der Waals surface area contributed by atoms with E-state index in [1.165, 1.54) is 19.3 Å². The van der Waals surface area contributed by atoms with Gasteiger partial charge in [0.25, 0.3) is 5.69 Å². The second-order valence-electron chi connectivity index (χ2n) is 8.47. The number of anilines is 1. The van der Waals surface area contributed by atoms with Crippen LogP contribution in [0.3, 0.4) is 0 Å². The van der Waals surface area contributed by atoms with Gasteiger partial charge in [-0.3, -0.25) is 14.9 Å². The lowest BCUT2D eigenvalue weighted by atomic mass is 9.49. The summed E-state index contributed by atoms with van der Waals surface area (Å²) in [6.07, 6.45) is 7.87. The minimum absolute atomic E-state index is 0.0824. The van der Waals surface area contributed by atoms with Crippen LogP contribution < -0.4 is 4.90 Å². The molecule has 0 radical (unpaired) electrons. The third-order valence-corrected chi connectivity index (χ3v) is 6.91. The normalized spacial score (nSPS) is 36.0. The number of non-ortho nitro benzene ring substituents is 1. The third kappa shape index (κ3) is 1.96. The van der Waals surface area contributed by atoms with Gasteiger partial charge in [-0.25, -0.2) is 0 Å². The Kier molecular flexibility index (Phi) is 2.89. The number of hydrogen-bond acceptors (Lipinski definition) is 3. The molecule has 4 aliphatic carbocycles. The van der Waals surface area contributed by atoms with Crippen LogP contribution in [-0.2, 0) is 11.2 Å². The quantitative estimate of drug-likeness (QED) is 0.615. The van der Waals surface area contributed by atoms with Crippen molar-refractivity contribution < 1.29 is 9.72 Å². The summed E-state index contributed by atoms with van der Waals surface area (Å²) in [4.78, 5) is 26.1. The number of carbonyl (C=O) groups is 1. The Morgan fingerprint density at radius 1 is 1.12 bits per heavy atom. The van der Waals surface area contributed by atoms with Crippen LogP contribution in [0.1, 0.15) is 44.1 Å². The summed E-state index contributed by atoms with van der Waals surface area (Å²) in [5.74, 6) is 2.44. The number of nitro benzene ring substituents is 1. The summed E-state index contributed by atoms with van der Waals surface area (Å²) in [7, 11) is 0. The van der Waals surface area contributed by atoms with Gasteiger partial charge >= 0.3 is 0 Å². The average molecular weight is 326 g/mol. The third-order valence-electron chi connectivity index (χ3n) is 6.91. The highest BCUT2D eigenvalue weighted by Gasteiger charge is 2.56. The first kappa shape index (κ1) is 14.4. The number of nitro groups is 1. The van der Waals surface area contributed by atoms with Gasteiger partial charge in [-0.1, -0.05) is 6.07 Å². The molecule has 4 bridgehead atoms. The van der Waals surface area contributed by atoms with Crippen molar-refractivity contribution in [2.24, 2.45) is 23.2 Å². The zero-order valence-electron chi connectivity index (χ0n) is 13.7. The molecule has 0 atom stereocenters. The van der Waals surface area contributed by atoms with Crippen molar-refractivity contribution in [3.63, 3.8) is 0 Å². The van der Waals surface area contributed by atoms with E-state index < -0.39 is 0 Å². The van der Waals surface area contributed by atoms with Gasteiger partial charge in [-0.2, -0.15) is 0 Å². The Balaban J connectivity index is 1.49. The predicted molar refractivity (Wildman–Crippen MR) is 89.8 cm³/mol. The highest BCUT2D eigenvalue weighted by atomic mass is 16.6. The molecule has 1 amide bonds. The van der Waals surface area contributed by atoms with E-state index in [2.05, 4.69) is 0 Å². The van der Waals surface area contributed by atoms with Crippen molar-refractivity contribution in [2.75, 3.05) is 11.4 Å². The van der Waals surface area contributed by atoms with E-state index in [1.54, 1.807) is 12.1 Å². The van der Waals surface area contributed by atoms with E-state index in [4.69, 9.17) is 0 Å². The Hall–Kier alpha value is -1.91. The Labute approximate surface area is 141 Å². The van der Waals surface area contributed by atoms with Gasteiger partial charge < -0.3 is 4.90 Å². The predicted octanol–water partition coefficient (Wildman–Crippen LogP) is 3.70. The summed E-state index contributed by atoms with van der Waals surface area (Å²) < 4.78 is 0. The van der Waals surface area contributed by atoms with Gasteiger partial charge in [0.1, 0.15) is 0 Å². The molecule has 126 valence electrons. The second kappa shape index (κ2) is 4.80. The van der Waals surface area contributed by atoms with Crippen molar-refractivity contribution in [1.82, 2.24) is 0 Å². The lowest BCUT2D eigenvalue weighted by Gasteiger charge is -2.56. The number of fused-ring (bicyclic) bond motifs is 1. The molecule has 0 spiro atoms. The van der Waals surface area contributed by atoms with Crippen molar-refractivity contribution in [2.45, 2.75) is 44.9 Å². The maximum Gasteiger partial charge on any atom is 0.271 e. The summed E-state index contributed by atoms with van der Waals surface area (Å²) in [5, 5.41) is 11.1. The topological polar surface area (TPSA) is 63.5 Å². The number of amides is 1.